The maximum Gasteiger partial charge on any atom is 0.122 e. The summed E-state index contributed by atoms with van der Waals surface area (Å²) in [6.07, 6.45) is 2.61. The molecule has 1 aromatic carbocycles. The number of hydrogen-bond acceptors (Lipinski definition) is 2. The minimum absolute atomic E-state index is 0.209. The van der Waals surface area contributed by atoms with E-state index < -0.39 is 0 Å². The lowest BCUT2D eigenvalue weighted by Crippen LogP contribution is -2.43. The summed E-state index contributed by atoms with van der Waals surface area (Å²) < 4.78 is 5.48. The summed E-state index contributed by atoms with van der Waals surface area (Å²) in [5, 5.41) is 3.62. The molecule has 100 valence electrons. The van der Waals surface area contributed by atoms with Crippen molar-refractivity contribution < 1.29 is 4.74 Å². The second-order valence-corrected chi connectivity index (χ2v) is 6.32. The van der Waals surface area contributed by atoms with Crippen LogP contribution in [-0.4, -0.2) is 19.2 Å². The standard InChI is InChI=1S/C16H25NO/c1-16(2,3)17-11-12-9-10-13(12)14-7-5-6-8-15(14)18-4/h5-8,12-13,17H,9-11H2,1-4H3. The van der Waals surface area contributed by atoms with Crippen LogP contribution in [0.3, 0.4) is 0 Å². The Kier molecular flexibility index (Phi) is 3.96. The summed E-state index contributed by atoms with van der Waals surface area (Å²) in [5.74, 6) is 2.46. The zero-order chi connectivity index (χ0) is 13.2. The highest BCUT2D eigenvalue weighted by molar-refractivity contribution is 5.37. The highest BCUT2D eigenvalue weighted by Gasteiger charge is 2.34. The lowest BCUT2D eigenvalue weighted by molar-refractivity contribution is 0.221. The molecular weight excluding hydrogens is 222 g/mol. The van der Waals surface area contributed by atoms with Crippen molar-refractivity contribution in [1.29, 1.82) is 0 Å². The fourth-order valence-corrected chi connectivity index (χ4v) is 2.63. The van der Waals surface area contributed by atoms with Gasteiger partial charge in [0.2, 0.25) is 0 Å². The van der Waals surface area contributed by atoms with Gasteiger partial charge in [0.25, 0.3) is 0 Å². The molecule has 18 heavy (non-hydrogen) atoms. The minimum Gasteiger partial charge on any atom is -0.496 e. The number of methoxy groups -OCH3 is 1. The van der Waals surface area contributed by atoms with E-state index in [1.54, 1.807) is 7.11 Å². The molecule has 0 radical (unpaired) electrons. The molecule has 1 N–H and O–H groups in total. The summed E-state index contributed by atoms with van der Waals surface area (Å²) in [4.78, 5) is 0. The summed E-state index contributed by atoms with van der Waals surface area (Å²) in [7, 11) is 1.76. The second-order valence-electron chi connectivity index (χ2n) is 6.32. The zero-order valence-electron chi connectivity index (χ0n) is 12.0. The van der Waals surface area contributed by atoms with E-state index in [4.69, 9.17) is 4.74 Å². The molecule has 2 atom stereocenters. The van der Waals surface area contributed by atoms with Crippen molar-refractivity contribution in [3.05, 3.63) is 29.8 Å². The molecule has 2 unspecified atom stereocenters. The Morgan fingerprint density at radius 3 is 2.50 bits per heavy atom. The molecule has 1 aliphatic carbocycles. The largest absolute Gasteiger partial charge is 0.496 e. The molecule has 2 nitrogen and oxygen atoms in total. The molecule has 0 aromatic heterocycles. The van der Waals surface area contributed by atoms with Gasteiger partial charge >= 0.3 is 0 Å². The Labute approximate surface area is 111 Å². The van der Waals surface area contributed by atoms with Crippen LogP contribution in [-0.2, 0) is 0 Å². The lowest BCUT2D eigenvalue weighted by Gasteiger charge is -2.39. The molecule has 1 aliphatic rings. The van der Waals surface area contributed by atoms with Crippen LogP contribution in [0.2, 0.25) is 0 Å². The van der Waals surface area contributed by atoms with Gasteiger partial charge in [-0.05, 0) is 63.6 Å². The van der Waals surface area contributed by atoms with Gasteiger partial charge in [0, 0.05) is 5.54 Å². The van der Waals surface area contributed by atoms with Crippen molar-refractivity contribution in [2.24, 2.45) is 5.92 Å². The van der Waals surface area contributed by atoms with Crippen LogP contribution in [0.1, 0.15) is 45.1 Å². The molecule has 2 heteroatoms. The van der Waals surface area contributed by atoms with Crippen molar-refractivity contribution in [1.82, 2.24) is 5.32 Å². The van der Waals surface area contributed by atoms with Crippen LogP contribution in [0.4, 0.5) is 0 Å². The van der Waals surface area contributed by atoms with E-state index in [-0.39, 0.29) is 5.54 Å². The number of benzene rings is 1. The molecule has 1 saturated carbocycles. The molecule has 0 amide bonds. The molecule has 0 spiro atoms. The number of ether oxygens (including phenoxy) is 1. The van der Waals surface area contributed by atoms with E-state index in [0.717, 1.165) is 18.2 Å². The van der Waals surface area contributed by atoms with Crippen molar-refractivity contribution in [2.75, 3.05) is 13.7 Å². The molecular formula is C16H25NO. The minimum atomic E-state index is 0.209. The maximum absolute atomic E-state index is 5.48. The Hall–Kier alpha value is -1.02. The fraction of sp³-hybridized carbons (Fsp3) is 0.625. The zero-order valence-corrected chi connectivity index (χ0v) is 12.0. The Morgan fingerprint density at radius 2 is 1.94 bits per heavy atom. The lowest BCUT2D eigenvalue weighted by atomic mass is 9.69. The number of hydrogen-bond donors (Lipinski definition) is 1. The van der Waals surface area contributed by atoms with Crippen LogP contribution < -0.4 is 10.1 Å². The molecule has 2 rings (SSSR count). The van der Waals surface area contributed by atoms with E-state index in [0.29, 0.717) is 5.92 Å². The van der Waals surface area contributed by atoms with Gasteiger partial charge in [-0.2, -0.15) is 0 Å². The van der Waals surface area contributed by atoms with E-state index in [1.807, 2.05) is 6.07 Å². The normalized spacial score (nSPS) is 23.6. The first-order valence-corrected chi connectivity index (χ1v) is 6.89. The summed E-state index contributed by atoms with van der Waals surface area (Å²) >= 11 is 0. The third kappa shape index (κ3) is 3.05. The van der Waals surface area contributed by atoms with Crippen LogP contribution in [0.15, 0.2) is 24.3 Å². The molecule has 0 saturated heterocycles. The van der Waals surface area contributed by atoms with Gasteiger partial charge in [0.15, 0.2) is 0 Å². The summed E-state index contributed by atoms with van der Waals surface area (Å²) in [5.41, 5.74) is 1.59. The monoisotopic (exact) mass is 247 g/mol. The quantitative estimate of drug-likeness (QED) is 0.878. The first-order chi connectivity index (χ1) is 8.51. The number of nitrogens with one attached hydrogen (secondary N) is 1. The molecule has 0 heterocycles. The average molecular weight is 247 g/mol. The van der Waals surface area contributed by atoms with E-state index in [9.17, 15) is 0 Å². The van der Waals surface area contributed by atoms with Gasteiger partial charge in [-0.1, -0.05) is 18.2 Å². The first-order valence-electron chi connectivity index (χ1n) is 6.89. The van der Waals surface area contributed by atoms with Crippen molar-refractivity contribution in [3.8, 4) is 5.75 Å². The molecule has 0 aliphatic heterocycles. The SMILES string of the molecule is COc1ccccc1C1CCC1CNC(C)(C)C. The Morgan fingerprint density at radius 1 is 1.22 bits per heavy atom. The highest BCUT2D eigenvalue weighted by Crippen LogP contribution is 2.45. The van der Waals surface area contributed by atoms with E-state index >= 15 is 0 Å². The summed E-state index contributed by atoms with van der Waals surface area (Å²) in [6.45, 7) is 7.78. The third-order valence-corrected chi connectivity index (χ3v) is 3.85. The fourth-order valence-electron chi connectivity index (χ4n) is 2.63. The van der Waals surface area contributed by atoms with Gasteiger partial charge < -0.3 is 10.1 Å². The van der Waals surface area contributed by atoms with Crippen LogP contribution in [0, 0.1) is 5.92 Å². The molecule has 1 aromatic rings. The van der Waals surface area contributed by atoms with Crippen molar-refractivity contribution in [3.63, 3.8) is 0 Å². The van der Waals surface area contributed by atoms with Gasteiger partial charge in [-0.3, -0.25) is 0 Å². The van der Waals surface area contributed by atoms with Crippen LogP contribution in [0.5, 0.6) is 5.75 Å². The number of rotatable bonds is 4. The third-order valence-electron chi connectivity index (χ3n) is 3.85. The Bertz CT molecular complexity index is 394. The van der Waals surface area contributed by atoms with Gasteiger partial charge in [-0.25, -0.2) is 0 Å². The van der Waals surface area contributed by atoms with Crippen LogP contribution >= 0.6 is 0 Å². The number of para-hydroxylation sites is 1. The van der Waals surface area contributed by atoms with Gasteiger partial charge in [0.05, 0.1) is 7.11 Å². The van der Waals surface area contributed by atoms with E-state index in [1.165, 1.54) is 18.4 Å². The van der Waals surface area contributed by atoms with E-state index in [2.05, 4.69) is 44.3 Å². The van der Waals surface area contributed by atoms with Gasteiger partial charge in [0.1, 0.15) is 5.75 Å². The second kappa shape index (κ2) is 5.31. The van der Waals surface area contributed by atoms with Crippen molar-refractivity contribution >= 4 is 0 Å². The maximum atomic E-state index is 5.48. The smallest absolute Gasteiger partial charge is 0.122 e. The van der Waals surface area contributed by atoms with Crippen LogP contribution in [0.25, 0.3) is 0 Å². The molecule has 1 fully saturated rings. The predicted octanol–water partition coefficient (Wildman–Crippen LogP) is 3.58. The highest BCUT2D eigenvalue weighted by atomic mass is 16.5. The summed E-state index contributed by atoms with van der Waals surface area (Å²) in [6, 6.07) is 8.45. The Balaban J connectivity index is 2.01. The average Bonchev–Trinajstić information content (AvgIpc) is 2.27. The predicted molar refractivity (Wildman–Crippen MR) is 76.2 cm³/mol. The topological polar surface area (TPSA) is 21.3 Å². The first kappa shape index (κ1) is 13.4. The molecule has 0 bridgehead atoms. The van der Waals surface area contributed by atoms with Crippen molar-refractivity contribution in [2.45, 2.75) is 45.1 Å². The van der Waals surface area contributed by atoms with Gasteiger partial charge in [-0.15, -0.1) is 0 Å².